The lowest BCUT2D eigenvalue weighted by Crippen LogP contribution is -2.15. The lowest BCUT2D eigenvalue weighted by Gasteiger charge is -2.22. The number of rotatable bonds is 3. The Morgan fingerprint density at radius 2 is 1.02 bits per heavy atom. The Labute approximate surface area is 270 Å². The lowest BCUT2D eigenvalue weighted by atomic mass is 9.81. The van der Waals surface area contributed by atoms with Gasteiger partial charge in [-0.25, -0.2) is 15.0 Å². The van der Waals surface area contributed by atoms with Crippen molar-refractivity contribution in [2.24, 2.45) is 0 Å². The maximum Gasteiger partial charge on any atom is 0.164 e. The van der Waals surface area contributed by atoms with E-state index in [1.54, 1.807) is 0 Å². The molecule has 222 valence electrons. The smallest absolute Gasteiger partial charge is 0.164 e. The second-order valence-electron chi connectivity index (χ2n) is 12.8. The molecule has 0 N–H and O–H groups in total. The van der Waals surface area contributed by atoms with Crippen molar-refractivity contribution in [1.82, 2.24) is 15.0 Å². The molecule has 0 aliphatic heterocycles. The molecular formula is C42H27N3O2. The largest absolute Gasteiger partial charge is 0.456 e. The van der Waals surface area contributed by atoms with Gasteiger partial charge >= 0.3 is 0 Å². The molecule has 0 saturated carbocycles. The van der Waals surface area contributed by atoms with Crippen molar-refractivity contribution in [3.05, 3.63) is 139 Å². The van der Waals surface area contributed by atoms with Crippen molar-refractivity contribution in [3.63, 3.8) is 0 Å². The molecule has 6 aromatic carbocycles. The van der Waals surface area contributed by atoms with E-state index in [4.69, 9.17) is 23.8 Å². The zero-order valence-corrected chi connectivity index (χ0v) is 25.8. The molecule has 0 bridgehead atoms. The van der Waals surface area contributed by atoms with Crippen molar-refractivity contribution in [3.8, 4) is 45.3 Å². The van der Waals surface area contributed by atoms with Crippen LogP contribution in [0.15, 0.2) is 136 Å². The number of hydrogen-bond donors (Lipinski definition) is 0. The van der Waals surface area contributed by atoms with Gasteiger partial charge in [-0.05, 0) is 64.7 Å². The van der Waals surface area contributed by atoms with Crippen molar-refractivity contribution < 1.29 is 8.83 Å². The molecule has 3 aromatic heterocycles. The fourth-order valence-corrected chi connectivity index (χ4v) is 7.40. The molecule has 0 fully saturated rings. The fraction of sp³-hybridized carbons (Fsp3) is 0.0714. The summed E-state index contributed by atoms with van der Waals surface area (Å²) in [5.41, 5.74) is 11.1. The monoisotopic (exact) mass is 605 g/mol. The van der Waals surface area contributed by atoms with E-state index in [-0.39, 0.29) is 5.41 Å². The third-order valence-corrected chi connectivity index (χ3v) is 9.74. The number of furan rings is 2. The molecule has 5 heteroatoms. The van der Waals surface area contributed by atoms with Gasteiger partial charge in [0.2, 0.25) is 0 Å². The first-order valence-corrected chi connectivity index (χ1v) is 15.9. The highest BCUT2D eigenvalue weighted by Gasteiger charge is 2.38. The highest BCUT2D eigenvalue weighted by molar-refractivity contribution is 6.15. The number of para-hydroxylation sites is 2. The second-order valence-corrected chi connectivity index (χ2v) is 12.8. The van der Waals surface area contributed by atoms with Gasteiger partial charge < -0.3 is 8.83 Å². The molecule has 0 saturated heterocycles. The average Bonchev–Trinajstić information content (AvgIpc) is 3.75. The number of nitrogens with zero attached hydrogens (tertiary/aromatic N) is 3. The Morgan fingerprint density at radius 3 is 1.81 bits per heavy atom. The van der Waals surface area contributed by atoms with E-state index in [0.717, 1.165) is 55.2 Å². The van der Waals surface area contributed by atoms with Crippen LogP contribution < -0.4 is 0 Å². The first-order chi connectivity index (χ1) is 23.0. The van der Waals surface area contributed by atoms with Crippen LogP contribution in [0.4, 0.5) is 0 Å². The van der Waals surface area contributed by atoms with Crippen LogP contribution in [-0.4, -0.2) is 15.0 Å². The number of hydrogen-bond acceptors (Lipinski definition) is 5. The highest BCUT2D eigenvalue weighted by Crippen LogP contribution is 2.53. The normalized spacial score (nSPS) is 13.5. The maximum absolute atomic E-state index is 6.28. The predicted molar refractivity (Wildman–Crippen MR) is 188 cm³/mol. The summed E-state index contributed by atoms with van der Waals surface area (Å²) in [6, 6.07) is 43.7. The molecule has 0 amide bonds. The van der Waals surface area contributed by atoms with Crippen LogP contribution in [-0.2, 0) is 5.41 Å². The minimum Gasteiger partial charge on any atom is -0.456 e. The molecule has 1 aliphatic carbocycles. The van der Waals surface area contributed by atoms with Gasteiger partial charge in [0, 0.05) is 43.7 Å². The van der Waals surface area contributed by atoms with E-state index in [1.165, 1.54) is 27.6 Å². The standard InChI is InChI=1S/C42H27N3O2/c1-42(2)31-19-21-36-38(29-13-7-9-15-34(29)47-36)37(31)28-18-16-26(23-32(28)42)41-44-39(24-10-4-3-5-11-24)43-40(45-41)25-17-20-35-30(22-25)27-12-6-8-14-33(27)46-35/h3-23H,1-2H3. The Morgan fingerprint density at radius 1 is 0.447 bits per heavy atom. The fourth-order valence-electron chi connectivity index (χ4n) is 7.40. The van der Waals surface area contributed by atoms with E-state index >= 15 is 0 Å². The van der Waals surface area contributed by atoms with Gasteiger partial charge in [-0.3, -0.25) is 0 Å². The minimum absolute atomic E-state index is 0.223. The molecule has 10 rings (SSSR count). The zero-order chi connectivity index (χ0) is 31.3. The molecule has 0 radical (unpaired) electrons. The molecule has 5 nitrogen and oxygen atoms in total. The highest BCUT2D eigenvalue weighted by atomic mass is 16.3. The third-order valence-electron chi connectivity index (χ3n) is 9.74. The van der Waals surface area contributed by atoms with Gasteiger partial charge in [0.15, 0.2) is 17.5 Å². The second kappa shape index (κ2) is 9.47. The van der Waals surface area contributed by atoms with Crippen LogP contribution in [0.3, 0.4) is 0 Å². The summed E-state index contributed by atoms with van der Waals surface area (Å²) in [5, 5.41) is 4.43. The molecule has 9 aromatic rings. The first kappa shape index (κ1) is 26.2. The Hall–Kier alpha value is -6.07. The Balaban J connectivity index is 1.17. The zero-order valence-electron chi connectivity index (χ0n) is 25.8. The quantitative estimate of drug-likeness (QED) is 0.200. The SMILES string of the molecule is CC1(C)c2cc(-c3nc(-c4ccccc4)nc(-c4ccc5oc6ccccc6c5c4)n3)ccc2-c2c1ccc1oc3ccccc3c21. The van der Waals surface area contributed by atoms with Crippen LogP contribution in [0.1, 0.15) is 25.0 Å². The number of aromatic nitrogens is 3. The average molecular weight is 606 g/mol. The first-order valence-electron chi connectivity index (χ1n) is 15.9. The maximum atomic E-state index is 6.28. The molecule has 1 aliphatic rings. The molecule has 3 heterocycles. The van der Waals surface area contributed by atoms with E-state index in [0.29, 0.717) is 17.5 Å². The van der Waals surface area contributed by atoms with Gasteiger partial charge in [0.05, 0.1) is 0 Å². The summed E-state index contributed by atoms with van der Waals surface area (Å²) in [6.45, 7) is 4.60. The van der Waals surface area contributed by atoms with E-state index in [2.05, 4.69) is 68.4 Å². The van der Waals surface area contributed by atoms with Crippen molar-refractivity contribution in [2.75, 3.05) is 0 Å². The topological polar surface area (TPSA) is 65.0 Å². The van der Waals surface area contributed by atoms with Crippen molar-refractivity contribution in [2.45, 2.75) is 19.3 Å². The van der Waals surface area contributed by atoms with Gasteiger partial charge in [-0.2, -0.15) is 0 Å². The summed E-state index contributed by atoms with van der Waals surface area (Å²) >= 11 is 0. The molecule has 0 unspecified atom stereocenters. The van der Waals surface area contributed by atoms with Gasteiger partial charge in [0.25, 0.3) is 0 Å². The number of benzene rings is 6. The van der Waals surface area contributed by atoms with Crippen LogP contribution in [0.25, 0.3) is 89.2 Å². The molecule has 0 atom stereocenters. The van der Waals surface area contributed by atoms with E-state index < -0.39 is 0 Å². The Kier molecular flexibility index (Phi) is 5.28. The van der Waals surface area contributed by atoms with Crippen LogP contribution in [0, 0.1) is 0 Å². The predicted octanol–water partition coefficient (Wildman–Crippen LogP) is 11.0. The van der Waals surface area contributed by atoms with Gasteiger partial charge in [0.1, 0.15) is 22.3 Å². The van der Waals surface area contributed by atoms with E-state index in [1.807, 2.05) is 72.8 Å². The summed E-state index contributed by atoms with van der Waals surface area (Å²) in [7, 11) is 0. The molecule has 47 heavy (non-hydrogen) atoms. The molecule has 0 spiro atoms. The minimum atomic E-state index is -0.223. The summed E-state index contributed by atoms with van der Waals surface area (Å²) in [5.74, 6) is 1.90. The van der Waals surface area contributed by atoms with Crippen LogP contribution in [0.5, 0.6) is 0 Å². The summed E-state index contributed by atoms with van der Waals surface area (Å²) < 4.78 is 12.4. The Bertz CT molecular complexity index is 2720. The lowest BCUT2D eigenvalue weighted by molar-refractivity contribution is 0.656. The van der Waals surface area contributed by atoms with Gasteiger partial charge in [-0.1, -0.05) is 98.8 Å². The number of fused-ring (bicyclic) bond motifs is 10. The van der Waals surface area contributed by atoms with Gasteiger partial charge in [-0.15, -0.1) is 0 Å². The van der Waals surface area contributed by atoms with Crippen molar-refractivity contribution >= 4 is 43.9 Å². The third kappa shape index (κ3) is 3.80. The van der Waals surface area contributed by atoms with E-state index in [9.17, 15) is 0 Å². The van der Waals surface area contributed by atoms with Crippen molar-refractivity contribution in [1.29, 1.82) is 0 Å². The summed E-state index contributed by atoms with van der Waals surface area (Å²) in [6.07, 6.45) is 0. The van der Waals surface area contributed by atoms with Crippen LogP contribution in [0.2, 0.25) is 0 Å². The van der Waals surface area contributed by atoms with Crippen LogP contribution >= 0.6 is 0 Å². The summed E-state index contributed by atoms with van der Waals surface area (Å²) in [4.78, 5) is 15.2. The molecular weight excluding hydrogens is 578 g/mol.